The van der Waals surface area contributed by atoms with Gasteiger partial charge in [-0.05, 0) is 38.7 Å². The molecule has 0 aliphatic carbocycles. The summed E-state index contributed by atoms with van der Waals surface area (Å²) < 4.78 is 4.79. The molecule has 134 valence electrons. The molecule has 1 aromatic carbocycles. The topological polar surface area (TPSA) is 83.6 Å². The number of hydrogen-bond donors (Lipinski definition) is 2. The molecule has 0 atom stereocenters. The number of methoxy groups -OCH3 is 1. The first-order chi connectivity index (χ1) is 11.9. The highest BCUT2D eigenvalue weighted by Crippen LogP contribution is 2.21. The van der Waals surface area contributed by atoms with E-state index in [9.17, 15) is 9.59 Å². The van der Waals surface area contributed by atoms with E-state index < -0.39 is 0 Å². The lowest BCUT2D eigenvalue weighted by Gasteiger charge is -2.11. The molecule has 1 aromatic heterocycles. The molecule has 0 unspecified atom stereocenters. The second-order valence-electron chi connectivity index (χ2n) is 5.83. The van der Waals surface area contributed by atoms with Crippen molar-refractivity contribution in [2.24, 2.45) is 0 Å². The first-order valence-electron chi connectivity index (χ1n) is 7.69. The molecule has 0 aliphatic heterocycles. The van der Waals surface area contributed by atoms with E-state index in [1.807, 2.05) is 32.0 Å². The van der Waals surface area contributed by atoms with Crippen LogP contribution in [0.15, 0.2) is 23.6 Å². The van der Waals surface area contributed by atoms with Crippen LogP contribution in [0, 0.1) is 6.92 Å². The van der Waals surface area contributed by atoms with E-state index in [4.69, 9.17) is 4.74 Å². The number of amides is 2. The van der Waals surface area contributed by atoms with Crippen molar-refractivity contribution in [2.75, 3.05) is 38.4 Å². The van der Waals surface area contributed by atoms with Gasteiger partial charge in [0, 0.05) is 30.4 Å². The minimum absolute atomic E-state index is 0.0248. The van der Waals surface area contributed by atoms with E-state index in [0.29, 0.717) is 23.6 Å². The van der Waals surface area contributed by atoms with E-state index in [-0.39, 0.29) is 18.4 Å². The molecule has 0 saturated heterocycles. The fourth-order valence-electron chi connectivity index (χ4n) is 2.11. The summed E-state index contributed by atoms with van der Waals surface area (Å²) in [5, 5.41) is 8.19. The number of rotatable bonds is 7. The quantitative estimate of drug-likeness (QED) is 0.790. The fourth-order valence-corrected chi connectivity index (χ4v) is 3.00. The Hall–Kier alpha value is -2.29. The minimum Gasteiger partial charge on any atom is -0.375 e. The zero-order chi connectivity index (χ0) is 18.4. The number of carbonyl (C=O) groups excluding carboxylic acids is 2. The Bertz CT molecular complexity index is 758. The molecule has 0 bridgehead atoms. The van der Waals surface area contributed by atoms with Crippen molar-refractivity contribution >= 4 is 34.5 Å². The highest BCUT2D eigenvalue weighted by molar-refractivity contribution is 7.09. The molecule has 7 nitrogen and oxygen atoms in total. The van der Waals surface area contributed by atoms with Crippen molar-refractivity contribution in [2.45, 2.75) is 13.5 Å². The van der Waals surface area contributed by atoms with Crippen LogP contribution in [0.2, 0.25) is 0 Å². The van der Waals surface area contributed by atoms with Crippen LogP contribution < -0.4 is 10.6 Å². The number of aryl methyl sites for hydroxylation is 1. The van der Waals surface area contributed by atoms with Gasteiger partial charge in [0.05, 0.1) is 0 Å². The van der Waals surface area contributed by atoms with Crippen LogP contribution in [0.25, 0.3) is 0 Å². The minimum atomic E-state index is -0.273. The summed E-state index contributed by atoms with van der Waals surface area (Å²) in [6.45, 7) is 2.55. The monoisotopic (exact) mass is 362 g/mol. The molecular weight excluding hydrogens is 340 g/mol. The Morgan fingerprint density at radius 1 is 1.28 bits per heavy atom. The average Bonchev–Trinajstić information content (AvgIpc) is 2.98. The van der Waals surface area contributed by atoms with Crippen molar-refractivity contribution < 1.29 is 14.3 Å². The average molecular weight is 362 g/mol. The summed E-state index contributed by atoms with van der Waals surface area (Å²) in [6.07, 6.45) is 0. The lowest BCUT2D eigenvalue weighted by Crippen LogP contribution is -2.18. The second-order valence-corrected chi connectivity index (χ2v) is 6.77. The molecule has 2 aromatic rings. The number of thiazole rings is 1. The van der Waals surface area contributed by atoms with Gasteiger partial charge in [0.15, 0.2) is 0 Å². The van der Waals surface area contributed by atoms with Gasteiger partial charge in [0.2, 0.25) is 5.91 Å². The molecule has 1 heterocycles. The molecule has 25 heavy (non-hydrogen) atoms. The summed E-state index contributed by atoms with van der Waals surface area (Å²) in [4.78, 5) is 30.4. The van der Waals surface area contributed by atoms with Crippen LogP contribution in [0.5, 0.6) is 0 Å². The van der Waals surface area contributed by atoms with E-state index >= 15 is 0 Å². The zero-order valence-corrected chi connectivity index (χ0v) is 15.6. The zero-order valence-electron chi connectivity index (χ0n) is 14.8. The Labute approximate surface area is 151 Å². The lowest BCUT2D eigenvalue weighted by atomic mass is 10.1. The van der Waals surface area contributed by atoms with Gasteiger partial charge in [0.1, 0.15) is 17.3 Å². The Kier molecular flexibility index (Phi) is 6.63. The molecule has 2 N–H and O–H groups in total. The number of carbonyl (C=O) groups is 2. The molecule has 0 aliphatic rings. The molecule has 8 heteroatoms. The maximum Gasteiger partial charge on any atom is 0.275 e. The second kappa shape index (κ2) is 8.70. The third-order valence-electron chi connectivity index (χ3n) is 3.28. The van der Waals surface area contributed by atoms with Crippen LogP contribution in [0.1, 0.15) is 21.1 Å². The van der Waals surface area contributed by atoms with Gasteiger partial charge in [-0.25, -0.2) is 4.98 Å². The highest BCUT2D eigenvalue weighted by Gasteiger charge is 2.13. The summed E-state index contributed by atoms with van der Waals surface area (Å²) in [5.74, 6) is -0.527. The molecule has 2 rings (SSSR count). The van der Waals surface area contributed by atoms with Crippen molar-refractivity contribution in [3.05, 3.63) is 39.8 Å². The van der Waals surface area contributed by atoms with Gasteiger partial charge in [0.25, 0.3) is 5.91 Å². The van der Waals surface area contributed by atoms with E-state index in [0.717, 1.165) is 10.6 Å². The Morgan fingerprint density at radius 3 is 2.72 bits per heavy atom. The summed E-state index contributed by atoms with van der Waals surface area (Å²) in [5.41, 5.74) is 2.49. The van der Waals surface area contributed by atoms with Crippen molar-refractivity contribution in [1.29, 1.82) is 0 Å². The number of nitrogens with zero attached hydrogens (tertiary/aromatic N) is 2. The van der Waals surface area contributed by atoms with Gasteiger partial charge in [-0.15, -0.1) is 11.3 Å². The number of nitrogens with one attached hydrogen (secondary N) is 2. The third kappa shape index (κ3) is 5.63. The van der Waals surface area contributed by atoms with Crippen molar-refractivity contribution in [1.82, 2.24) is 9.88 Å². The van der Waals surface area contributed by atoms with Crippen LogP contribution in [-0.4, -0.2) is 49.5 Å². The SMILES string of the molecule is COCC(=O)Nc1ccc(C)c(NC(=O)c2csc(CN(C)C)n2)c1. The predicted molar refractivity (Wildman–Crippen MR) is 99.1 cm³/mol. The van der Waals surface area contributed by atoms with Crippen LogP contribution in [0.3, 0.4) is 0 Å². The molecule has 0 spiro atoms. The Morgan fingerprint density at radius 2 is 2.04 bits per heavy atom. The smallest absolute Gasteiger partial charge is 0.275 e. The van der Waals surface area contributed by atoms with Gasteiger partial charge in [-0.1, -0.05) is 6.07 Å². The fraction of sp³-hybridized carbons (Fsp3) is 0.353. The van der Waals surface area contributed by atoms with E-state index in [1.165, 1.54) is 18.4 Å². The van der Waals surface area contributed by atoms with E-state index in [1.54, 1.807) is 17.5 Å². The van der Waals surface area contributed by atoms with Gasteiger partial charge < -0.3 is 20.3 Å². The maximum absolute atomic E-state index is 12.4. The van der Waals surface area contributed by atoms with Crippen molar-refractivity contribution in [3.8, 4) is 0 Å². The molecule has 0 saturated carbocycles. The van der Waals surface area contributed by atoms with E-state index in [2.05, 4.69) is 15.6 Å². The molecule has 0 fully saturated rings. The van der Waals surface area contributed by atoms with Crippen LogP contribution >= 0.6 is 11.3 Å². The predicted octanol–water partition coefficient (Wildman–Crippen LogP) is 2.35. The summed E-state index contributed by atoms with van der Waals surface area (Å²) in [6, 6.07) is 5.32. The summed E-state index contributed by atoms with van der Waals surface area (Å²) in [7, 11) is 5.36. The number of benzene rings is 1. The third-order valence-corrected chi connectivity index (χ3v) is 4.11. The van der Waals surface area contributed by atoms with Gasteiger partial charge >= 0.3 is 0 Å². The number of ether oxygens (including phenoxy) is 1. The first kappa shape index (κ1) is 19.0. The molecule has 0 radical (unpaired) electrons. The highest BCUT2D eigenvalue weighted by atomic mass is 32.1. The normalized spacial score (nSPS) is 10.8. The summed E-state index contributed by atoms with van der Waals surface area (Å²) >= 11 is 1.45. The number of hydrogen-bond acceptors (Lipinski definition) is 6. The van der Waals surface area contributed by atoms with Gasteiger partial charge in [-0.2, -0.15) is 0 Å². The van der Waals surface area contributed by atoms with Crippen LogP contribution in [0.4, 0.5) is 11.4 Å². The van der Waals surface area contributed by atoms with Gasteiger partial charge in [-0.3, -0.25) is 9.59 Å². The lowest BCUT2D eigenvalue weighted by molar-refractivity contribution is -0.119. The largest absolute Gasteiger partial charge is 0.375 e. The number of anilines is 2. The standard InChI is InChI=1S/C17H22N4O3S/c1-11-5-6-12(18-15(22)9-24-4)7-13(11)20-17(23)14-10-25-16(19-14)8-21(2)3/h5-7,10H,8-9H2,1-4H3,(H,18,22)(H,20,23). The van der Waals surface area contributed by atoms with Crippen molar-refractivity contribution in [3.63, 3.8) is 0 Å². The Balaban J connectivity index is 2.09. The van der Waals surface area contributed by atoms with Crippen LogP contribution in [-0.2, 0) is 16.1 Å². The maximum atomic E-state index is 12.4. The molecular formula is C17H22N4O3S. The number of aromatic nitrogens is 1. The molecule has 2 amide bonds. The first-order valence-corrected chi connectivity index (χ1v) is 8.57.